The molecule has 4 amide bonds. The van der Waals surface area contributed by atoms with Crippen LogP contribution in [0.3, 0.4) is 0 Å². The number of nitrogens with one attached hydrogen (secondary N) is 4. The van der Waals surface area contributed by atoms with Gasteiger partial charge in [-0.25, -0.2) is 29.8 Å². The summed E-state index contributed by atoms with van der Waals surface area (Å²) in [6.45, 7) is 6.31. The molecule has 4 aromatic carbocycles. The van der Waals surface area contributed by atoms with E-state index in [1.165, 1.54) is 16.9 Å². The lowest BCUT2D eigenvalue weighted by atomic mass is 9.83. The molecule has 0 bridgehead atoms. The van der Waals surface area contributed by atoms with Gasteiger partial charge in [-0.05, 0) is 33.2 Å². The third-order valence-corrected chi connectivity index (χ3v) is 5.46. The van der Waals surface area contributed by atoms with Crippen molar-refractivity contribution in [2.45, 2.75) is 26.2 Å². The van der Waals surface area contributed by atoms with Gasteiger partial charge in [-0.15, -0.1) is 0 Å². The van der Waals surface area contributed by atoms with Crippen LogP contribution in [0.15, 0.2) is 42.5 Å². The Morgan fingerprint density at radius 2 is 1.18 bits per heavy atom. The summed E-state index contributed by atoms with van der Waals surface area (Å²) in [4.78, 5) is 45.5. The van der Waals surface area contributed by atoms with Gasteiger partial charge in [0, 0.05) is 16.2 Å². The highest BCUT2D eigenvalue weighted by Gasteiger charge is 2.21. The fourth-order valence-corrected chi connectivity index (χ4v) is 4.02. The van der Waals surface area contributed by atoms with Gasteiger partial charge in [-0.1, -0.05) is 68.0 Å². The quantitative estimate of drug-likeness (QED) is 0.197. The van der Waals surface area contributed by atoms with E-state index in [1.54, 1.807) is 12.1 Å². The van der Waals surface area contributed by atoms with Crippen LogP contribution < -0.4 is 21.5 Å². The van der Waals surface area contributed by atoms with Crippen molar-refractivity contribution in [2.24, 2.45) is 0 Å². The van der Waals surface area contributed by atoms with Crippen LogP contribution in [0.4, 0.5) is 21.0 Å². The van der Waals surface area contributed by atoms with Crippen molar-refractivity contribution in [3.05, 3.63) is 68.3 Å². The Bertz CT molecular complexity index is 1400. The number of nitrogens with zero attached hydrogens (tertiary/aromatic N) is 2. The Kier molecular flexibility index (Phi) is 5.28. The van der Waals surface area contributed by atoms with Crippen molar-refractivity contribution in [3.63, 3.8) is 0 Å². The first-order valence-electron chi connectivity index (χ1n) is 10.1. The van der Waals surface area contributed by atoms with E-state index in [-0.39, 0.29) is 16.8 Å². The monoisotopic (exact) mass is 464 g/mol. The zero-order valence-electron chi connectivity index (χ0n) is 18.4. The van der Waals surface area contributed by atoms with E-state index in [1.807, 2.05) is 12.1 Å². The van der Waals surface area contributed by atoms with Crippen LogP contribution in [0.2, 0.25) is 0 Å². The highest BCUT2D eigenvalue weighted by molar-refractivity contribution is 6.29. The minimum Gasteiger partial charge on any atom is -0.303 e. The van der Waals surface area contributed by atoms with Crippen molar-refractivity contribution in [3.8, 4) is 0 Å². The second kappa shape index (κ2) is 7.99. The average molecular weight is 464 g/mol. The number of amides is 4. The minimum absolute atomic E-state index is 0.106. The van der Waals surface area contributed by atoms with Crippen LogP contribution in [-0.4, -0.2) is 22.1 Å². The maximum absolute atomic E-state index is 12.1. The Hall–Kier alpha value is -4.74. The summed E-state index contributed by atoms with van der Waals surface area (Å²) >= 11 is 0. The molecular weight excluding hydrogens is 444 g/mol. The van der Waals surface area contributed by atoms with Gasteiger partial charge >= 0.3 is 12.1 Å². The molecule has 12 nitrogen and oxygen atoms in total. The van der Waals surface area contributed by atoms with Crippen molar-refractivity contribution in [1.82, 2.24) is 10.9 Å². The fraction of sp³-hybridized carbons (Fsp3) is 0.182. The topological polar surface area (TPSA) is 169 Å². The maximum atomic E-state index is 12.1. The molecule has 0 unspecified atom stereocenters. The number of hydrazine groups is 2. The fourth-order valence-electron chi connectivity index (χ4n) is 4.02. The van der Waals surface area contributed by atoms with Crippen molar-refractivity contribution in [2.75, 3.05) is 10.6 Å². The van der Waals surface area contributed by atoms with E-state index in [2.05, 4.69) is 43.5 Å². The van der Waals surface area contributed by atoms with Gasteiger partial charge in [0.15, 0.2) is 10.1 Å². The number of anilines is 2. The molecule has 0 saturated heterocycles. The van der Waals surface area contributed by atoms with Gasteiger partial charge in [-0.2, -0.15) is 0 Å². The third-order valence-electron chi connectivity index (χ3n) is 5.46. The predicted molar refractivity (Wildman–Crippen MR) is 127 cm³/mol. The normalized spacial score (nSPS) is 11.5. The lowest BCUT2D eigenvalue weighted by molar-refractivity contribution is -0.527. The SMILES string of the molecule is CC(C)(C)c1cc2ccc3c(NC(=O)N[N+](=O)[O-])cc(NC(=O)N[N+](=O)[O-])c4ccc(c1)c2c34. The summed E-state index contributed by atoms with van der Waals surface area (Å²) in [6.07, 6.45) is 0. The third kappa shape index (κ3) is 4.16. The van der Waals surface area contributed by atoms with Crippen LogP contribution in [-0.2, 0) is 5.41 Å². The number of benzene rings is 4. The Labute approximate surface area is 191 Å². The van der Waals surface area contributed by atoms with Crippen LogP contribution in [0.1, 0.15) is 26.3 Å². The van der Waals surface area contributed by atoms with E-state index in [9.17, 15) is 29.8 Å². The molecular formula is C22H20N6O6. The van der Waals surface area contributed by atoms with E-state index >= 15 is 0 Å². The van der Waals surface area contributed by atoms with E-state index in [0.29, 0.717) is 16.2 Å². The summed E-state index contributed by atoms with van der Waals surface area (Å²) in [7, 11) is 0. The summed E-state index contributed by atoms with van der Waals surface area (Å²) < 4.78 is 0. The number of hydrogen-bond donors (Lipinski definition) is 4. The molecule has 34 heavy (non-hydrogen) atoms. The Morgan fingerprint density at radius 1 is 0.735 bits per heavy atom. The highest BCUT2D eigenvalue weighted by Crippen LogP contribution is 2.42. The minimum atomic E-state index is -1.09. The largest absolute Gasteiger partial charge is 0.377 e. The van der Waals surface area contributed by atoms with E-state index in [0.717, 1.165) is 21.7 Å². The van der Waals surface area contributed by atoms with Crippen molar-refractivity contribution >= 4 is 55.8 Å². The molecule has 0 radical (unpaired) electrons. The summed E-state index contributed by atoms with van der Waals surface area (Å²) in [5, 5.41) is 28.7. The molecule has 4 rings (SSSR count). The Morgan fingerprint density at radius 3 is 1.56 bits per heavy atom. The maximum Gasteiger partial charge on any atom is 0.377 e. The van der Waals surface area contributed by atoms with Crippen molar-refractivity contribution < 1.29 is 19.7 Å². The van der Waals surface area contributed by atoms with Gasteiger partial charge in [0.05, 0.1) is 11.4 Å². The van der Waals surface area contributed by atoms with Gasteiger partial charge in [0.2, 0.25) is 0 Å². The van der Waals surface area contributed by atoms with Crippen LogP contribution in [0.5, 0.6) is 0 Å². The molecule has 0 spiro atoms. The lowest BCUT2D eigenvalue weighted by Gasteiger charge is -2.22. The molecule has 12 heteroatoms. The van der Waals surface area contributed by atoms with Gasteiger partial charge in [0.25, 0.3) is 0 Å². The first-order valence-corrected chi connectivity index (χ1v) is 10.1. The molecule has 0 aliphatic rings. The zero-order chi connectivity index (χ0) is 24.8. The molecule has 0 saturated carbocycles. The summed E-state index contributed by atoms with van der Waals surface area (Å²) in [5.41, 5.74) is 4.39. The van der Waals surface area contributed by atoms with Gasteiger partial charge in [0.1, 0.15) is 0 Å². The number of carbonyl (C=O) groups is 2. The van der Waals surface area contributed by atoms with E-state index < -0.39 is 22.1 Å². The second-order valence-electron chi connectivity index (χ2n) is 8.77. The lowest BCUT2D eigenvalue weighted by Crippen LogP contribution is -2.34. The zero-order valence-corrected chi connectivity index (χ0v) is 18.4. The molecule has 4 aromatic rings. The van der Waals surface area contributed by atoms with E-state index in [4.69, 9.17) is 0 Å². The smallest absolute Gasteiger partial charge is 0.303 e. The molecule has 0 aliphatic carbocycles. The molecule has 0 aliphatic heterocycles. The Balaban J connectivity index is 1.99. The summed E-state index contributed by atoms with van der Waals surface area (Å²) in [5.74, 6) is 0. The number of rotatable bonds is 4. The van der Waals surface area contributed by atoms with Crippen LogP contribution >= 0.6 is 0 Å². The van der Waals surface area contributed by atoms with Crippen LogP contribution in [0, 0.1) is 20.2 Å². The molecule has 0 aromatic heterocycles. The first-order chi connectivity index (χ1) is 15.9. The van der Waals surface area contributed by atoms with Crippen molar-refractivity contribution in [1.29, 1.82) is 0 Å². The molecule has 0 fully saturated rings. The first kappa shape index (κ1) is 22.5. The average Bonchev–Trinajstić information content (AvgIpc) is 2.71. The number of carbonyl (C=O) groups excluding carboxylic acids is 2. The molecule has 174 valence electrons. The van der Waals surface area contributed by atoms with Gasteiger partial charge < -0.3 is 10.6 Å². The molecule has 0 heterocycles. The van der Waals surface area contributed by atoms with Gasteiger partial charge in [-0.3, -0.25) is 0 Å². The number of urea groups is 2. The predicted octanol–water partition coefficient (Wildman–Crippen LogP) is 4.51. The molecule has 0 atom stereocenters. The number of hydrogen-bond acceptors (Lipinski definition) is 6. The number of nitro groups is 2. The standard InChI is InChI=1S/C22H20N6O6/c1-22(2,3)13-8-11-4-6-14-16(23-20(29)25-27(31)32)10-17(24-21(30)26-28(33)34)15-7-5-12(9-13)18(11)19(14)15/h4-10H,1-3H3,(H2,23,25,29)(H2,24,26,30). The second-order valence-corrected chi connectivity index (χ2v) is 8.77. The van der Waals surface area contributed by atoms with Crippen LogP contribution in [0.25, 0.3) is 32.3 Å². The summed E-state index contributed by atoms with van der Waals surface area (Å²) in [6, 6.07) is 10.7. The molecule has 4 N–H and O–H groups in total. The highest BCUT2D eigenvalue weighted by atomic mass is 16.7.